The summed E-state index contributed by atoms with van der Waals surface area (Å²) in [5.41, 5.74) is 1.73. The molecule has 126 valence electrons. The lowest BCUT2D eigenvalue weighted by Crippen LogP contribution is -2.57. The molecule has 3 rings (SSSR count). The first-order chi connectivity index (χ1) is 11.1. The van der Waals surface area contributed by atoms with Crippen molar-refractivity contribution in [3.63, 3.8) is 0 Å². The van der Waals surface area contributed by atoms with Gasteiger partial charge in [0.05, 0.1) is 25.2 Å². The molecule has 2 fully saturated rings. The molecule has 0 radical (unpaired) electrons. The molecular weight excluding hydrogens is 292 g/mol. The number of carbonyl (C=O) groups is 1. The molecular formula is C18H26N2O3. The van der Waals surface area contributed by atoms with Crippen LogP contribution in [0.25, 0.3) is 0 Å². The van der Waals surface area contributed by atoms with E-state index in [0.717, 1.165) is 37.1 Å². The Labute approximate surface area is 137 Å². The molecule has 1 N–H and O–H groups in total. The van der Waals surface area contributed by atoms with Crippen LogP contribution in [0.4, 0.5) is 0 Å². The van der Waals surface area contributed by atoms with Gasteiger partial charge in [-0.3, -0.25) is 4.79 Å². The Morgan fingerprint density at radius 2 is 1.83 bits per heavy atom. The molecule has 0 unspecified atom stereocenters. The lowest BCUT2D eigenvalue weighted by molar-refractivity contribution is -0.158. The Morgan fingerprint density at radius 1 is 1.17 bits per heavy atom. The number of aliphatic hydroxyl groups is 1. The van der Waals surface area contributed by atoms with E-state index in [4.69, 9.17) is 9.84 Å². The van der Waals surface area contributed by atoms with Gasteiger partial charge in [0.15, 0.2) is 0 Å². The van der Waals surface area contributed by atoms with Gasteiger partial charge in [-0.2, -0.15) is 0 Å². The van der Waals surface area contributed by atoms with E-state index in [1.165, 1.54) is 0 Å². The molecule has 23 heavy (non-hydrogen) atoms. The van der Waals surface area contributed by atoms with E-state index in [2.05, 4.69) is 11.9 Å². The van der Waals surface area contributed by atoms with Crippen molar-refractivity contribution in [1.82, 2.24) is 9.80 Å². The molecule has 2 heterocycles. The normalized spacial score (nSPS) is 21.6. The van der Waals surface area contributed by atoms with Crippen LogP contribution >= 0.6 is 0 Å². The van der Waals surface area contributed by atoms with Gasteiger partial charge in [-0.25, -0.2) is 0 Å². The van der Waals surface area contributed by atoms with Gasteiger partial charge in [0.1, 0.15) is 0 Å². The minimum absolute atomic E-state index is 0.0364. The summed E-state index contributed by atoms with van der Waals surface area (Å²) < 4.78 is 6.07. The fraction of sp³-hybridized carbons (Fsp3) is 0.611. The molecule has 5 nitrogen and oxygen atoms in total. The molecule has 2 aliphatic rings. The average Bonchev–Trinajstić information content (AvgIpc) is 2.59. The lowest BCUT2D eigenvalue weighted by Gasteiger charge is -2.46. The summed E-state index contributed by atoms with van der Waals surface area (Å²) in [6, 6.07) is 7.60. The highest BCUT2D eigenvalue weighted by atomic mass is 16.5. The number of piperidine rings is 1. The highest BCUT2D eigenvalue weighted by Crippen LogP contribution is 2.29. The molecule has 1 amide bonds. The SMILES string of the molecule is CN1CCC2(CC1)CN(C(=O)Cc1ccc(CO)cc1)CCO2. The van der Waals surface area contributed by atoms with E-state index in [0.29, 0.717) is 26.1 Å². The molecule has 5 heteroatoms. The van der Waals surface area contributed by atoms with Gasteiger partial charge in [-0.1, -0.05) is 24.3 Å². The van der Waals surface area contributed by atoms with E-state index in [1.54, 1.807) is 0 Å². The van der Waals surface area contributed by atoms with Gasteiger partial charge in [-0.15, -0.1) is 0 Å². The van der Waals surface area contributed by atoms with Crippen LogP contribution < -0.4 is 0 Å². The first-order valence-corrected chi connectivity index (χ1v) is 8.39. The van der Waals surface area contributed by atoms with Crippen molar-refractivity contribution in [3.05, 3.63) is 35.4 Å². The van der Waals surface area contributed by atoms with Gasteiger partial charge in [0, 0.05) is 26.2 Å². The fourth-order valence-electron chi connectivity index (χ4n) is 3.44. The van der Waals surface area contributed by atoms with E-state index in [-0.39, 0.29) is 18.1 Å². The number of likely N-dealkylation sites (tertiary alicyclic amines) is 1. The first-order valence-electron chi connectivity index (χ1n) is 8.39. The van der Waals surface area contributed by atoms with E-state index < -0.39 is 0 Å². The van der Waals surface area contributed by atoms with Gasteiger partial charge in [0.25, 0.3) is 0 Å². The molecule has 2 saturated heterocycles. The number of hydrogen-bond donors (Lipinski definition) is 1. The fourth-order valence-corrected chi connectivity index (χ4v) is 3.44. The van der Waals surface area contributed by atoms with Crippen LogP contribution in [-0.4, -0.2) is 66.2 Å². The van der Waals surface area contributed by atoms with Crippen molar-refractivity contribution in [2.75, 3.05) is 39.8 Å². The maximum atomic E-state index is 12.6. The molecule has 1 aromatic rings. The Morgan fingerprint density at radius 3 is 2.48 bits per heavy atom. The number of amides is 1. The number of nitrogens with zero attached hydrogens (tertiary/aromatic N) is 2. The van der Waals surface area contributed by atoms with Crippen molar-refractivity contribution >= 4 is 5.91 Å². The monoisotopic (exact) mass is 318 g/mol. The molecule has 1 spiro atoms. The number of hydrogen-bond acceptors (Lipinski definition) is 4. The zero-order chi connectivity index (χ0) is 16.3. The van der Waals surface area contributed by atoms with Crippen molar-refractivity contribution < 1.29 is 14.6 Å². The number of carbonyl (C=O) groups excluding carboxylic acids is 1. The van der Waals surface area contributed by atoms with Gasteiger partial charge in [0.2, 0.25) is 5.91 Å². The molecule has 1 aromatic carbocycles. The van der Waals surface area contributed by atoms with Crippen molar-refractivity contribution in [3.8, 4) is 0 Å². The van der Waals surface area contributed by atoms with Gasteiger partial charge < -0.3 is 19.6 Å². The summed E-state index contributed by atoms with van der Waals surface area (Å²) in [4.78, 5) is 16.9. The van der Waals surface area contributed by atoms with Crippen molar-refractivity contribution in [1.29, 1.82) is 0 Å². The minimum Gasteiger partial charge on any atom is -0.392 e. The summed E-state index contributed by atoms with van der Waals surface area (Å²) in [5, 5.41) is 9.08. The molecule has 2 aliphatic heterocycles. The van der Waals surface area contributed by atoms with Crippen LogP contribution in [0.2, 0.25) is 0 Å². The first kappa shape index (κ1) is 16.4. The Kier molecular flexibility index (Phi) is 4.99. The van der Waals surface area contributed by atoms with Crippen LogP contribution in [0.3, 0.4) is 0 Å². The third kappa shape index (κ3) is 3.91. The van der Waals surface area contributed by atoms with Crippen LogP contribution in [0, 0.1) is 0 Å². The molecule has 0 saturated carbocycles. The highest BCUT2D eigenvalue weighted by molar-refractivity contribution is 5.79. The summed E-state index contributed by atoms with van der Waals surface area (Å²) in [5.74, 6) is 0.170. The molecule has 0 bridgehead atoms. The van der Waals surface area contributed by atoms with Crippen LogP contribution in [0.5, 0.6) is 0 Å². The number of rotatable bonds is 3. The zero-order valence-corrected chi connectivity index (χ0v) is 13.8. The maximum absolute atomic E-state index is 12.6. The summed E-state index contributed by atoms with van der Waals surface area (Å²) in [6.45, 7) is 4.14. The van der Waals surface area contributed by atoms with Gasteiger partial charge in [-0.05, 0) is 31.0 Å². The number of aliphatic hydroxyl groups excluding tert-OH is 1. The third-order valence-corrected chi connectivity index (χ3v) is 5.06. The summed E-state index contributed by atoms with van der Waals surface area (Å²) in [7, 11) is 2.13. The third-order valence-electron chi connectivity index (χ3n) is 5.06. The second-order valence-corrected chi connectivity index (χ2v) is 6.80. The predicted molar refractivity (Wildman–Crippen MR) is 88.1 cm³/mol. The quantitative estimate of drug-likeness (QED) is 0.905. The Balaban J connectivity index is 1.60. The minimum atomic E-state index is -0.138. The van der Waals surface area contributed by atoms with Crippen LogP contribution in [0.1, 0.15) is 24.0 Å². The van der Waals surface area contributed by atoms with E-state index in [1.807, 2.05) is 29.2 Å². The molecule has 0 atom stereocenters. The number of ether oxygens (including phenoxy) is 1. The second kappa shape index (κ2) is 6.99. The van der Waals surface area contributed by atoms with Crippen molar-refractivity contribution in [2.24, 2.45) is 0 Å². The summed E-state index contributed by atoms with van der Waals surface area (Å²) in [6.07, 6.45) is 2.42. The van der Waals surface area contributed by atoms with Crippen LogP contribution in [0.15, 0.2) is 24.3 Å². The Bertz CT molecular complexity index is 536. The predicted octanol–water partition coefficient (Wildman–Crippen LogP) is 1.04. The van der Waals surface area contributed by atoms with Crippen molar-refractivity contribution in [2.45, 2.75) is 31.5 Å². The topological polar surface area (TPSA) is 53.0 Å². The standard InChI is InChI=1S/C18H26N2O3/c1-19-8-6-18(7-9-19)14-20(10-11-23-18)17(22)12-15-2-4-16(13-21)5-3-15/h2-5,21H,6-14H2,1H3. The largest absolute Gasteiger partial charge is 0.392 e. The molecule has 0 aliphatic carbocycles. The van der Waals surface area contributed by atoms with Gasteiger partial charge >= 0.3 is 0 Å². The smallest absolute Gasteiger partial charge is 0.227 e. The Hall–Kier alpha value is -1.43. The lowest BCUT2D eigenvalue weighted by atomic mass is 9.89. The number of benzene rings is 1. The zero-order valence-electron chi connectivity index (χ0n) is 13.8. The maximum Gasteiger partial charge on any atom is 0.227 e. The van der Waals surface area contributed by atoms with Crippen LogP contribution in [-0.2, 0) is 22.6 Å². The summed E-state index contributed by atoms with van der Waals surface area (Å²) >= 11 is 0. The second-order valence-electron chi connectivity index (χ2n) is 6.80. The highest BCUT2D eigenvalue weighted by Gasteiger charge is 2.40. The van der Waals surface area contributed by atoms with E-state index >= 15 is 0 Å². The number of morpholine rings is 1. The van der Waals surface area contributed by atoms with E-state index in [9.17, 15) is 4.79 Å². The average molecular weight is 318 g/mol. The molecule has 0 aromatic heterocycles.